The predicted octanol–water partition coefficient (Wildman–Crippen LogP) is 1.10. The lowest BCUT2D eigenvalue weighted by Gasteiger charge is -1.76. The van der Waals surface area contributed by atoms with Crippen LogP contribution < -0.4 is 0 Å². The molecule has 38 valence electrons. The summed E-state index contributed by atoms with van der Waals surface area (Å²) in [6.45, 7) is 0. The van der Waals surface area contributed by atoms with E-state index in [1.54, 1.807) is 22.6 Å². The molecule has 0 aliphatic rings. The molecule has 0 N–H and O–H groups in total. The molecule has 0 rings (SSSR count). The quantitative estimate of drug-likeness (QED) is 0.411. The number of rotatable bonds is 1. The molecule has 0 aromatic heterocycles. The van der Waals surface area contributed by atoms with Crippen molar-refractivity contribution in [3.05, 3.63) is 0 Å². The normalized spacial score (nSPS) is 11.7. The van der Waals surface area contributed by atoms with Crippen molar-refractivity contribution in [1.82, 2.24) is 0 Å². The molecule has 6 heavy (non-hydrogen) atoms. The van der Waals surface area contributed by atoms with E-state index in [4.69, 9.17) is 0 Å². The van der Waals surface area contributed by atoms with E-state index in [0.29, 0.717) is 0 Å². The van der Waals surface area contributed by atoms with E-state index in [1.807, 2.05) is 0 Å². The van der Waals surface area contributed by atoms with Crippen molar-refractivity contribution in [3.8, 4) is 0 Å². The lowest BCUT2D eigenvalue weighted by Crippen LogP contribution is -1.83. The van der Waals surface area contributed by atoms with Gasteiger partial charge in [-0.3, -0.25) is 0 Å². The Morgan fingerprint density at radius 2 is 1.83 bits per heavy atom. The number of hydrogen-bond donors (Lipinski definition) is 0. The van der Waals surface area contributed by atoms with Gasteiger partial charge in [-0.15, -0.1) is 0 Å². The summed E-state index contributed by atoms with van der Waals surface area (Å²) in [6.07, 6.45) is 0. The first-order valence-corrected chi connectivity index (χ1v) is 6.06. The summed E-state index contributed by atoms with van der Waals surface area (Å²) in [7, 11) is -2.86. The van der Waals surface area contributed by atoms with Gasteiger partial charge in [0.1, 0.15) is 3.76 Å². The number of hydrogen-bond acceptors (Lipinski definition) is 2. The van der Waals surface area contributed by atoms with Crippen molar-refractivity contribution < 1.29 is 8.42 Å². The summed E-state index contributed by atoms with van der Waals surface area (Å²) in [5.74, 6) is 0. The van der Waals surface area contributed by atoms with Gasteiger partial charge in [-0.1, -0.05) is 22.6 Å². The molecule has 0 aliphatic heterocycles. The molecule has 0 atom stereocenters. The first-order valence-electron chi connectivity index (χ1n) is 1.04. The van der Waals surface area contributed by atoms with E-state index in [1.165, 1.54) is 0 Å². The van der Waals surface area contributed by atoms with Gasteiger partial charge in [0.15, 0.2) is 0 Å². The molecule has 0 fully saturated rings. The van der Waals surface area contributed by atoms with Crippen LogP contribution in [0.5, 0.6) is 0 Å². The second-order valence-corrected chi connectivity index (χ2v) is 6.77. The van der Waals surface area contributed by atoms with Crippen LogP contribution in [0.2, 0.25) is 0 Å². The molecule has 0 saturated carbocycles. The van der Waals surface area contributed by atoms with Gasteiger partial charge in [0.2, 0.25) is 8.27 Å². The molecule has 0 heterocycles. The second-order valence-electron chi connectivity index (χ2n) is 0.648. The second kappa shape index (κ2) is 2.46. The maximum Gasteiger partial charge on any atom is 0.218 e. The molecule has 0 unspecified atom stereocenters. The van der Waals surface area contributed by atoms with Gasteiger partial charge in [0.05, 0.1) is 14.8 Å². The highest BCUT2D eigenvalue weighted by Gasteiger charge is 1.95. The Labute approximate surface area is 57.6 Å². The molecule has 0 amide bonds. The van der Waals surface area contributed by atoms with Crippen molar-refractivity contribution in [1.29, 1.82) is 0 Å². The molecule has 0 aromatic rings. The van der Waals surface area contributed by atoms with Crippen LogP contribution >= 0.6 is 37.4 Å². The molecule has 0 radical (unpaired) electrons. The molecule has 0 aliphatic carbocycles. The van der Waals surface area contributed by atoms with Crippen LogP contribution in [-0.2, 0) is 8.27 Å². The molecule has 0 aromatic carbocycles. The Hall–Kier alpha value is 1.16. The zero-order valence-corrected chi connectivity index (χ0v) is 7.25. The van der Waals surface area contributed by atoms with Crippen molar-refractivity contribution >= 4 is 45.7 Å². The van der Waals surface area contributed by atoms with Gasteiger partial charge >= 0.3 is 0 Å². The molecule has 0 spiro atoms. The van der Waals surface area contributed by atoms with Crippen molar-refractivity contribution in [2.24, 2.45) is 0 Å². The highest BCUT2D eigenvalue weighted by molar-refractivity contribution is 14.1. The highest BCUT2D eigenvalue weighted by atomic mass is 127. The van der Waals surface area contributed by atoms with E-state index in [9.17, 15) is 8.42 Å². The summed E-state index contributed by atoms with van der Waals surface area (Å²) >= 11 is 4.20. The SMILES string of the molecule is O=S(=O)(Br)CI. The number of halogens is 2. The highest BCUT2D eigenvalue weighted by Crippen LogP contribution is 2.02. The van der Waals surface area contributed by atoms with Crippen LogP contribution in [0, 0.1) is 0 Å². The fourth-order valence-corrected chi connectivity index (χ4v) is 0. The molecule has 0 bridgehead atoms. The van der Waals surface area contributed by atoms with Crippen LogP contribution in [0.1, 0.15) is 0 Å². The van der Waals surface area contributed by atoms with E-state index >= 15 is 0 Å². The fraction of sp³-hybridized carbons (Fsp3) is 1.00. The lowest BCUT2D eigenvalue weighted by atomic mass is 12.0. The van der Waals surface area contributed by atoms with Gasteiger partial charge < -0.3 is 0 Å². The minimum Gasteiger partial charge on any atom is -0.216 e. The third-order valence-corrected chi connectivity index (χ3v) is 6.11. The lowest BCUT2D eigenvalue weighted by molar-refractivity contribution is 0.616. The predicted molar refractivity (Wildman–Crippen MR) is 36.7 cm³/mol. The van der Waals surface area contributed by atoms with Crippen LogP contribution in [0.25, 0.3) is 0 Å². The first-order chi connectivity index (χ1) is 2.56. The Morgan fingerprint density at radius 3 is 1.83 bits per heavy atom. The average molecular weight is 285 g/mol. The van der Waals surface area contributed by atoms with Gasteiger partial charge in [0.25, 0.3) is 0 Å². The number of alkyl halides is 1. The minimum atomic E-state index is -2.86. The third kappa shape index (κ3) is 5.16. The van der Waals surface area contributed by atoms with Crippen LogP contribution in [0.3, 0.4) is 0 Å². The van der Waals surface area contributed by atoms with Gasteiger partial charge in [-0.2, -0.15) is 0 Å². The molecular formula is CH2BrIO2S. The van der Waals surface area contributed by atoms with Crippen LogP contribution in [0.15, 0.2) is 0 Å². The van der Waals surface area contributed by atoms with Crippen molar-refractivity contribution in [2.75, 3.05) is 3.76 Å². The summed E-state index contributed by atoms with van der Waals surface area (Å²) in [5.41, 5.74) is 0. The summed E-state index contributed by atoms with van der Waals surface area (Å²) in [5, 5.41) is 0. The Bertz CT molecular complexity index is 116. The summed E-state index contributed by atoms with van der Waals surface area (Å²) in [4.78, 5) is 0. The molecule has 5 heteroatoms. The summed E-state index contributed by atoms with van der Waals surface area (Å²) < 4.78 is 19.9. The van der Waals surface area contributed by atoms with E-state index in [2.05, 4.69) is 14.8 Å². The molecular weight excluding hydrogens is 283 g/mol. The first kappa shape index (κ1) is 7.16. The zero-order chi connectivity index (χ0) is 5.21. The third-order valence-electron chi connectivity index (χ3n) is 0.130. The topological polar surface area (TPSA) is 34.1 Å². The monoisotopic (exact) mass is 284 g/mol. The van der Waals surface area contributed by atoms with Gasteiger partial charge in [-0.05, 0) is 0 Å². The van der Waals surface area contributed by atoms with Crippen LogP contribution in [-0.4, -0.2) is 12.2 Å². The van der Waals surface area contributed by atoms with E-state index < -0.39 is 8.27 Å². The average Bonchev–Trinajstić information content (AvgIpc) is 1.35. The van der Waals surface area contributed by atoms with Crippen molar-refractivity contribution in [2.45, 2.75) is 0 Å². The largest absolute Gasteiger partial charge is 0.218 e. The van der Waals surface area contributed by atoms with E-state index in [0.717, 1.165) is 0 Å². The maximum atomic E-state index is 9.91. The van der Waals surface area contributed by atoms with Gasteiger partial charge in [0, 0.05) is 0 Å². The Morgan fingerprint density at radius 1 is 1.67 bits per heavy atom. The smallest absolute Gasteiger partial charge is 0.216 e. The van der Waals surface area contributed by atoms with Crippen molar-refractivity contribution in [3.63, 3.8) is 0 Å². The van der Waals surface area contributed by atoms with E-state index in [-0.39, 0.29) is 3.76 Å². The maximum absolute atomic E-state index is 9.91. The van der Waals surface area contributed by atoms with Crippen LogP contribution in [0.4, 0.5) is 0 Å². The Kier molecular flexibility index (Phi) is 2.94. The standard InChI is InChI=1S/CH2BrIO2S/c2-6(4,5)1-3/h1H2. The van der Waals surface area contributed by atoms with Gasteiger partial charge in [-0.25, -0.2) is 8.42 Å². The Balaban J connectivity index is 3.85. The molecule has 2 nitrogen and oxygen atoms in total. The molecule has 0 saturated heterocycles. The summed E-state index contributed by atoms with van der Waals surface area (Å²) in [6, 6.07) is 0. The fourth-order valence-electron chi connectivity index (χ4n) is 0. The zero-order valence-electron chi connectivity index (χ0n) is 2.69. The minimum absolute atomic E-state index is 0.130.